The molecule has 6 heteroatoms. The van der Waals surface area contributed by atoms with E-state index in [2.05, 4.69) is 32.3 Å². The molecule has 4 rings (SSSR count). The summed E-state index contributed by atoms with van der Waals surface area (Å²) in [4.78, 5) is 22.5. The molecule has 2 N–H and O–H groups in total. The normalized spacial score (nSPS) is 13.7. The highest BCUT2D eigenvalue weighted by atomic mass is 16.5. The lowest BCUT2D eigenvalue weighted by atomic mass is 10.1. The molecule has 0 radical (unpaired) electrons. The van der Waals surface area contributed by atoms with Gasteiger partial charge in [-0.05, 0) is 29.7 Å². The number of hydrogen-bond donors (Lipinski definition) is 2. The first-order valence-corrected chi connectivity index (χ1v) is 9.96. The van der Waals surface area contributed by atoms with E-state index in [1.165, 1.54) is 11.1 Å². The quantitative estimate of drug-likeness (QED) is 0.649. The van der Waals surface area contributed by atoms with Gasteiger partial charge in [-0.15, -0.1) is 0 Å². The van der Waals surface area contributed by atoms with E-state index in [0.717, 1.165) is 42.9 Å². The first-order valence-electron chi connectivity index (χ1n) is 9.96. The van der Waals surface area contributed by atoms with Crippen LogP contribution in [0.5, 0.6) is 5.75 Å². The van der Waals surface area contributed by atoms with Gasteiger partial charge in [-0.1, -0.05) is 42.5 Å². The van der Waals surface area contributed by atoms with Crippen molar-refractivity contribution in [1.82, 2.24) is 14.9 Å². The first kappa shape index (κ1) is 19.2. The average Bonchev–Trinajstić information content (AvgIpc) is 2.75. The molecule has 0 amide bonds. The zero-order chi connectivity index (χ0) is 20.1. The summed E-state index contributed by atoms with van der Waals surface area (Å²) in [6.45, 7) is 3.10. The molecule has 0 fully saturated rings. The zero-order valence-electron chi connectivity index (χ0n) is 16.6. The van der Waals surface area contributed by atoms with E-state index in [9.17, 15) is 4.79 Å². The molecule has 1 aromatic heterocycles. The maximum atomic E-state index is 12.6. The lowest BCUT2D eigenvalue weighted by Crippen LogP contribution is -2.35. The Morgan fingerprint density at radius 1 is 1.10 bits per heavy atom. The number of hydrogen-bond acceptors (Lipinski definition) is 5. The summed E-state index contributed by atoms with van der Waals surface area (Å²) in [5.74, 6) is 1.41. The average molecular weight is 390 g/mol. The van der Waals surface area contributed by atoms with Gasteiger partial charge in [-0.2, -0.15) is 0 Å². The van der Waals surface area contributed by atoms with Crippen molar-refractivity contribution in [2.45, 2.75) is 25.9 Å². The fourth-order valence-corrected chi connectivity index (χ4v) is 3.66. The third-order valence-electron chi connectivity index (χ3n) is 5.26. The number of aromatic amines is 1. The Balaban J connectivity index is 1.36. The van der Waals surface area contributed by atoms with Crippen LogP contribution in [0.15, 0.2) is 59.4 Å². The summed E-state index contributed by atoms with van der Waals surface area (Å²) in [7, 11) is 1.66. The van der Waals surface area contributed by atoms with Gasteiger partial charge in [0.05, 0.1) is 18.4 Å². The van der Waals surface area contributed by atoms with E-state index < -0.39 is 0 Å². The van der Waals surface area contributed by atoms with E-state index in [0.29, 0.717) is 19.0 Å². The van der Waals surface area contributed by atoms with Crippen LogP contribution in [0.1, 0.15) is 22.4 Å². The minimum absolute atomic E-state index is 0.0419. The number of ether oxygens (including phenoxy) is 1. The second-order valence-electron chi connectivity index (χ2n) is 7.31. The largest absolute Gasteiger partial charge is 0.497 e. The molecular weight excluding hydrogens is 364 g/mol. The maximum Gasteiger partial charge on any atom is 0.257 e. The maximum absolute atomic E-state index is 12.6. The van der Waals surface area contributed by atoms with Gasteiger partial charge in [0.25, 0.3) is 5.56 Å². The van der Waals surface area contributed by atoms with Crippen LogP contribution in [0.2, 0.25) is 0 Å². The Hall–Kier alpha value is -3.12. The van der Waals surface area contributed by atoms with Crippen molar-refractivity contribution in [2.24, 2.45) is 0 Å². The molecule has 29 heavy (non-hydrogen) atoms. The molecule has 150 valence electrons. The summed E-state index contributed by atoms with van der Waals surface area (Å²) in [6.07, 6.45) is 1.63. The number of methoxy groups -OCH3 is 1. The minimum Gasteiger partial charge on any atom is -0.497 e. The highest BCUT2D eigenvalue weighted by Gasteiger charge is 2.21. The van der Waals surface area contributed by atoms with Gasteiger partial charge in [-0.3, -0.25) is 14.7 Å². The van der Waals surface area contributed by atoms with Gasteiger partial charge in [0, 0.05) is 32.6 Å². The molecule has 0 aliphatic carbocycles. The smallest absolute Gasteiger partial charge is 0.257 e. The molecule has 0 spiro atoms. The predicted molar refractivity (Wildman–Crippen MR) is 114 cm³/mol. The van der Waals surface area contributed by atoms with Crippen LogP contribution in [-0.4, -0.2) is 35.1 Å². The number of nitrogens with zero attached hydrogens (tertiary/aromatic N) is 2. The van der Waals surface area contributed by atoms with E-state index in [1.54, 1.807) is 7.11 Å². The third-order valence-corrected chi connectivity index (χ3v) is 5.26. The summed E-state index contributed by atoms with van der Waals surface area (Å²) < 4.78 is 5.18. The Kier molecular flexibility index (Phi) is 5.91. The lowest BCUT2D eigenvalue weighted by Gasteiger charge is -2.27. The van der Waals surface area contributed by atoms with Crippen LogP contribution < -0.4 is 15.6 Å². The van der Waals surface area contributed by atoms with Crippen molar-refractivity contribution >= 4 is 5.95 Å². The monoisotopic (exact) mass is 390 g/mol. The van der Waals surface area contributed by atoms with Gasteiger partial charge in [-0.25, -0.2) is 4.98 Å². The Morgan fingerprint density at radius 2 is 1.90 bits per heavy atom. The van der Waals surface area contributed by atoms with Gasteiger partial charge < -0.3 is 10.1 Å². The second-order valence-corrected chi connectivity index (χ2v) is 7.31. The van der Waals surface area contributed by atoms with Crippen molar-refractivity contribution in [3.63, 3.8) is 0 Å². The molecule has 0 saturated carbocycles. The van der Waals surface area contributed by atoms with Gasteiger partial charge >= 0.3 is 0 Å². The molecule has 0 saturated heterocycles. The number of rotatable bonds is 7. The van der Waals surface area contributed by atoms with Crippen molar-refractivity contribution in [3.05, 3.63) is 87.3 Å². The summed E-state index contributed by atoms with van der Waals surface area (Å²) in [5.41, 5.74) is 4.12. The van der Waals surface area contributed by atoms with Gasteiger partial charge in [0.2, 0.25) is 5.95 Å². The topological polar surface area (TPSA) is 70.2 Å². The van der Waals surface area contributed by atoms with Crippen LogP contribution in [0.4, 0.5) is 5.95 Å². The fraction of sp³-hybridized carbons (Fsp3) is 0.304. The number of fused-ring (bicyclic) bond motifs is 1. The highest BCUT2D eigenvalue weighted by Crippen LogP contribution is 2.17. The third kappa shape index (κ3) is 4.84. The molecule has 0 bridgehead atoms. The molecule has 2 aromatic carbocycles. The second kappa shape index (κ2) is 8.92. The highest BCUT2D eigenvalue weighted by molar-refractivity contribution is 5.32. The first-order chi connectivity index (χ1) is 14.2. The standard InChI is InChI=1S/C23H26N4O2/c1-29-19-9-7-17(8-10-19)11-13-24-23-25-21-12-14-27(16-20(21)22(28)26-23)15-18-5-3-2-4-6-18/h2-10H,11-16H2,1H3,(H2,24,25,26,28). The molecule has 3 aromatic rings. The predicted octanol–water partition coefficient (Wildman–Crippen LogP) is 2.99. The van der Waals surface area contributed by atoms with E-state index in [1.807, 2.05) is 42.5 Å². The van der Waals surface area contributed by atoms with E-state index >= 15 is 0 Å². The van der Waals surface area contributed by atoms with Crippen LogP contribution >= 0.6 is 0 Å². The Morgan fingerprint density at radius 3 is 2.66 bits per heavy atom. The van der Waals surface area contributed by atoms with Crippen LogP contribution in [-0.2, 0) is 25.9 Å². The van der Waals surface area contributed by atoms with Crippen LogP contribution in [0.3, 0.4) is 0 Å². The number of aromatic nitrogens is 2. The Labute approximate surface area is 170 Å². The fourth-order valence-electron chi connectivity index (χ4n) is 3.66. The van der Waals surface area contributed by atoms with E-state index in [-0.39, 0.29) is 5.56 Å². The molecule has 1 aliphatic rings. The van der Waals surface area contributed by atoms with Crippen LogP contribution in [0.25, 0.3) is 0 Å². The molecular formula is C23H26N4O2. The van der Waals surface area contributed by atoms with Gasteiger partial charge in [0.15, 0.2) is 0 Å². The van der Waals surface area contributed by atoms with Crippen molar-refractivity contribution < 1.29 is 4.74 Å². The molecule has 0 atom stereocenters. The molecule has 6 nitrogen and oxygen atoms in total. The zero-order valence-corrected chi connectivity index (χ0v) is 16.6. The molecule has 2 heterocycles. The number of benzene rings is 2. The number of anilines is 1. The minimum atomic E-state index is -0.0419. The van der Waals surface area contributed by atoms with Crippen molar-refractivity contribution in [2.75, 3.05) is 25.5 Å². The molecule has 1 aliphatic heterocycles. The number of H-pyrrole nitrogens is 1. The van der Waals surface area contributed by atoms with E-state index in [4.69, 9.17) is 4.74 Å². The van der Waals surface area contributed by atoms with Crippen LogP contribution in [0, 0.1) is 0 Å². The summed E-state index contributed by atoms with van der Waals surface area (Å²) >= 11 is 0. The lowest BCUT2D eigenvalue weighted by molar-refractivity contribution is 0.242. The number of nitrogens with one attached hydrogen (secondary N) is 2. The SMILES string of the molecule is COc1ccc(CCNc2nc3c(c(=O)[nH]2)CN(Cc2ccccc2)CC3)cc1. The summed E-state index contributed by atoms with van der Waals surface area (Å²) in [6, 6.07) is 18.4. The Bertz CT molecular complexity index is 1000. The summed E-state index contributed by atoms with van der Waals surface area (Å²) in [5, 5.41) is 3.25. The van der Waals surface area contributed by atoms with Crippen molar-refractivity contribution in [3.8, 4) is 5.75 Å². The van der Waals surface area contributed by atoms with Crippen molar-refractivity contribution in [1.29, 1.82) is 0 Å². The van der Waals surface area contributed by atoms with Gasteiger partial charge in [0.1, 0.15) is 5.75 Å². The molecule has 0 unspecified atom stereocenters.